The third-order valence-electron chi connectivity index (χ3n) is 6.51. The number of Topliss-reactive ketones (excluding diaryl/α,β-unsaturated/α-hetero) is 1. The predicted molar refractivity (Wildman–Crippen MR) is 133 cm³/mol. The molecule has 0 spiro atoms. The van der Waals surface area contributed by atoms with Crippen LogP contribution in [0.2, 0.25) is 0 Å². The molecule has 1 fully saturated rings. The number of ketones is 1. The molecule has 5 heteroatoms. The number of amides is 1. The summed E-state index contributed by atoms with van der Waals surface area (Å²) in [6, 6.07) is 14.8. The van der Waals surface area contributed by atoms with E-state index in [4.69, 9.17) is 0 Å². The summed E-state index contributed by atoms with van der Waals surface area (Å²) in [5, 5.41) is 11.2. The molecule has 1 aliphatic rings. The third-order valence-corrected chi connectivity index (χ3v) is 6.51. The number of benzene rings is 2. The standard InChI is InChI=1S/C28H36N2O3/c1-7-29(8-2)17-18-30-24(20-13-15-22(16-14-20)28(4,5)6)23(26(32)27(30)33)25(31)21-11-9-19(3)10-12-21/h9-16,24,31H,7-8,17-18H2,1-6H3/b25-23+/t24-/m0/s1. The molecule has 33 heavy (non-hydrogen) atoms. The van der Waals surface area contributed by atoms with Crippen LogP contribution in [0, 0.1) is 6.92 Å². The predicted octanol–water partition coefficient (Wildman–Crippen LogP) is 5.06. The largest absolute Gasteiger partial charge is 0.507 e. The first kappa shape index (κ1) is 24.7. The highest BCUT2D eigenvalue weighted by Crippen LogP contribution is 2.39. The molecule has 0 aromatic heterocycles. The lowest BCUT2D eigenvalue weighted by atomic mass is 9.85. The van der Waals surface area contributed by atoms with Gasteiger partial charge in [0.05, 0.1) is 11.6 Å². The normalized spacial score (nSPS) is 18.4. The Balaban J connectivity index is 2.10. The third kappa shape index (κ3) is 5.19. The maximum absolute atomic E-state index is 13.2. The first-order chi connectivity index (χ1) is 15.6. The van der Waals surface area contributed by atoms with Crippen LogP contribution in [0.25, 0.3) is 5.76 Å². The molecule has 1 atom stereocenters. The minimum atomic E-state index is -0.627. The smallest absolute Gasteiger partial charge is 0.295 e. The summed E-state index contributed by atoms with van der Waals surface area (Å²) < 4.78 is 0. The van der Waals surface area contributed by atoms with Crippen molar-refractivity contribution in [3.05, 3.63) is 76.4 Å². The van der Waals surface area contributed by atoms with E-state index in [9.17, 15) is 14.7 Å². The number of carbonyl (C=O) groups excluding carboxylic acids is 2. The zero-order valence-electron chi connectivity index (χ0n) is 20.7. The van der Waals surface area contributed by atoms with E-state index in [2.05, 4.69) is 39.5 Å². The summed E-state index contributed by atoms with van der Waals surface area (Å²) in [5.74, 6) is -1.30. The fourth-order valence-corrected chi connectivity index (χ4v) is 4.28. The molecule has 1 aliphatic heterocycles. The zero-order valence-corrected chi connectivity index (χ0v) is 20.7. The second-order valence-corrected chi connectivity index (χ2v) is 9.76. The summed E-state index contributed by atoms with van der Waals surface area (Å²) in [6.07, 6.45) is 0. The minimum Gasteiger partial charge on any atom is -0.507 e. The Hall–Kier alpha value is -2.92. The van der Waals surface area contributed by atoms with E-state index in [-0.39, 0.29) is 16.7 Å². The Morgan fingerprint density at radius 2 is 1.55 bits per heavy atom. The number of hydrogen-bond acceptors (Lipinski definition) is 4. The molecule has 5 nitrogen and oxygen atoms in total. The molecule has 2 aromatic carbocycles. The van der Waals surface area contributed by atoms with Crippen LogP contribution in [0.3, 0.4) is 0 Å². The van der Waals surface area contributed by atoms with E-state index in [1.165, 1.54) is 5.56 Å². The first-order valence-corrected chi connectivity index (χ1v) is 11.8. The summed E-state index contributed by atoms with van der Waals surface area (Å²) >= 11 is 0. The highest BCUT2D eigenvalue weighted by Gasteiger charge is 2.46. The number of aryl methyl sites for hydroxylation is 1. The highest BCUT2D eigenvalue weighted by molar-refractivity contribution is 6.46. The number of likely N-dealkylation sites (tertiary alicyclic amines) is 1. The molecule has 0 aliphatic carbocycles. The van der Waals surface area contributed by atoms with E-state index in [1.807, 2.05) is 43.3 Å². The molecule has 1 N–H and O–H groups in total. The maximum Gasteiger partial charge on any atom is 0.295 e. The number of aliphatic hydroxyl groups excluding tert-OH is 1. The molecule has 176 valence electrons. The lowest BCUT2D eigenvalue weighted by Gasteiger charge is -2.28. The van der Waals surface area contributed by atoms with Gasteiger partial charge < -0.3 is 14.9 Å². The number of likely N-dealkylation sites (N-methyl/N-ethyl adjacent to an activating group) is 1. The van der Waals surface area contributed by atoms with Crippen molar-refractivity contribution in [2.75, 3.05) is 26.2 Å². The Labute approximate surface area is 197 Å². The van der Waals surface area contributed by atoms with Gasteiger partial charge in [0, 0.05) is 18.7 Å². The Kier molecular flexibility index (Phi) is 7.43. The summed E-state index contributed by atoms with van der Waals surface area (Å²) in [6.45, 7) is 15.4. The second-order valence-electron chi connectivity index (χ2n) is 9.76. The first-order valence-electron chi connectivity index (χ1n) is 11.8. The van der Waals surface area contributed by atoms with Gasteiger partial charge in [-0.25, -0.2) is 0 Å². The zero-order chi connectivity index (χ0) is 24.3. The topological polar surface area (TPSA) is 60.9 Å². The quantitative estimate of drug-likeness (QED) is 0.366. The van der Waals surface area contributed by atoms with Crippen LogP contribution in [0.15, 0.2) is 54.1 Å². The number of carbonyl (C=O) groups is 2. The van der Waals surface area contributed by atoms with Crippen LogP contribution < -0.4 is 0 Å². The van der Waals surface area contributed by atoms with Gasteiger partial charge in [-0.1, -0.05) is 88.7 Å². The van der Waals surface area contributed by atoms with Gasteiger partial charge in [-0.3, -0.25) is 9.59 Å². The molecule has 1 amide bonds. The molecular weight excluding hydrogens is 412 g/mol. The van der Waals surface area contributed by atoms with Gasteiger partial charge >= 0.3 is 0 Å². The number of nitrogens with zero attached hydrogens (tertiary/aromatic N) is 2. The SMILES string of the molecule is CCN(CC)CCN1C(=O)C(=O)/C(=C(/O)c2ccc(C)cc2)[C@@H]1c1ccc(C(C)(C)C)cc1. The summed E-state index contributed by atoms with van der Waals surface area (Å²) in [4.78, 5) is 30.1. The van der Waals surface area contributed by atoms with Crippen molar-refractivity contribution in [2.24, 2.45) is 0 Å². The molecular formula is C28H36N2O3. The van der Waals surface area contributed by atoms with E-state index in [0.29, 0.717) is 18.7 Å². The van der Waals surface area contributed by atoms with Gasteiger partial charge in [0.2, 0.25) is 0 Å². The van der Waals surface area contributed by atoms with Crippen molar-refractivity contribution in [3.8, 4) is 0 Å². The average molecular weight is 449 g/mol. The lowest BCUT2D eigenvalue weighted by Crippen LogP contribution is -2.38. The summed E-state index contributed by atoms with van der Waals surface area (Å²) in [7, 11) is 0. The van der Waals surface area contributed by atoms with Crippen molar-refractivity contribution in [2.45, 2.75) is 53.0 Å². The monoisotopic (exact) mass is 448 g/mol. The van der Waals surface area contributed by atoms with Gasteiger partial charge in [0.15, 0.2) is 0 Å². The molecule has 2 aromatic rings. The van der Waals surface area contributed by atoms with Crippen LogP contribution in [0.5, 0.6) is 0 Å². The minimum absolute atomic E-state index is 0.00894. The highest BCUT2D eigenvalue weighted by atomic mass is 16.3. The molecule has 1 saturated heterocycles. The fourth-order valence-electron chi connectivity index (χ4n) is 4.28. The van der Waals surface area contributed by atoms with Gasteiger partial charge in [0.25, 0.3) is 11.7 Å². The van der Waals surface area contributed by atoms with Crippen LogP contribution in [-0.4, -0.2) is 52.8 Å². The molecule has 1 heterocycles. The van der Waals surface area contributed by atoms with Crippen molar-refractivity contribution in [1.29, 1.82) is 0 Å². The maximum atomic E-state index is 13.2. The van der Waals surface area contributed by atoms with Gasteiger partial charge in [-0.05, 0) is 36.6 Å². The van der Waals surface area contributed by atoms with Gasteiger partial charge in [0.1, 0.15) is 5.76 Å². The Morgan fingerprint density at radius 1 is 0.970 bits per heavy atom. The van der Waals surface area contributed by atoms with E-state index >= 15 is 0 Å². The van der Waals surface area contributed by atoms with Crippen LogP contribution in [-0.2, 0) is 15.0 Å². The van der Waals surface area contributed by atoms with Crippen molar-refractivity contribution >= 4 is 17.4 Å². The van der Waals surface area contributed by atoms with Crippen LogP contribution in [0.1, 0.15) is 62.9 Å². The van der Waals surface area contributed by atoms with Crippen molar-refractivity contribution in [3.63, 3.8) is 0 Å². The van der Waals surface area contributed by atoms with E-state index < -0.39 is 17.7 Å². The molecule has 0 unspecified atom stereocenters. The molecule has 3 rings (SSSR count). The van der Waals surface area contributed by atoms with E-state index in [0.717, 1.165) is 24.2 Å². The van der Waals surface area contributed by atoms with Gasteiger partial charge in [-0.2, -0.15) is 0 Å². The fraction of sp³-hybridized carbons (Fsp3) is 0.429. The van der Waals surface area contributed by atoms with Crippen molar-refractivity contribution < 1.29 is 14.7 Å². The Morgan fingerprint density at radius 3 is 2.06 bits per heavy atom. The molecule has 0 bridgehead atoms. The second kappa shape index (κ2) is 9.92. The van der Waals surface area contributed by atoms with E-state index in [1.54, 1.807) is 17.0 Å². The lowest BCUT2D eigenvalue weighted by molar-refractivity contribution is -0.140. The number of hydrogen-bond donors (Lipinski definition) is 1. The number of rotatable bonds is 7. The molecule has 0 saturated carbocycles. The molecule has 0 radical (unpaired) electrons. The number of aliphatic hydroxyl groups is 1. The van der Waals surface area contributed by atoms with Crippen LogP contribution in [0.4, 0.5) is 0 Å². The van der Waals surface area contributed by atoms with Crippen molar-refractivity contribution in [1.82, 2.24) is 9.80 Å². The summed E-state index contributed by atoms with van der Waals surface area (Å²) in [5.41, 5.74) is 3.75. The average Bonchev–Trinajstić information content (AvgIpc) is 3.04. The van der Waals surface area contributed by atoms with Crippen LogP contribution >= 0.6 is 0 Å². The Bertz CT molecular complexity index is 1030. The van der Waals surface area contributed by atoms with Gasteiger partial charge in [-0.15, -0.1) is 0 Å².